The fourth-order valence-corrected chi connectivity index (χ4v) is 2.32. The molecule has 0 saturated carbocycles. The van der Waals surface area contributed by atoms with Crippen LogP contribution in [0.15, 0.2) is 18.2 Å². The van der Waals surface area contributed by atoms with Gasteiger partial charge in [0.2, 0.25) is 0 Å². The van der Waals surface area contributed by atoms with Gasteiger partial charge in [0.25, 0.3) is 5.91 Å². The van der Waals surface area contributed by atoms with Gasteiger partial charge in [-0.1, -0.05) is 6.92 Å². The molecule has 1 N–H and O–H groups in total. The minimum absolute atomic E-state index is 0.156. The number of hydrogen-bond acceptors (Lipinski definition) is 5. The third-order valence-corrected chi connectivity index (χ3v) is 3.55. The van der Waals surface area contributed by atoms with Crippen LogP contribution in [0.4, 0.5) is 5.69 Å². The Morgan fingerprint density at radius 1 is 1.52 bits per heavy atom. The van der Waals surface area contributed by atoms with Gasteiger partial charge in [0, 0.05) is 31.3 Å². The van der Waals surface area contributed by atoms with Gasteiger partial charge in [-0.25, -0.2) is 0 Å². The summed E-state index contributed by atoms with van der Waals surface area (Å²) in [7, 11) is 1.37. The van der Waals surface area contributed by atoms with E-state index < -0.39 is 4.92 Å². The Balaban J connectivity index is 2.28. The summed E-state index contributed by atoms with van der Waals surface area (Å²) in [6.07, 6.45) is 0.848. The Morgan fingerprint density at radius 3 is 2.71 bits per heavy atom. The molecule has 0 spiro atoms. The smallest absolute Gasteiger partial charge is 0.311 e. The van der Waals surface area contributed by atoms with Gasteiger partial charge in [-0.3, -0.25) is 14.9 Å². The van der Waals surface area contributed by atoms with Crippen LogP contribution in [0, 0.1) is 10.1 Å². The standard InChI is InChI=1S/C14H19N3O4/c1-3-6-16(11-8-15-9-11)14(18)10-4-5-13(21-2)12(7-10)17(19)20/h4-5,7,11,15H,3,6,8-9H2,1-2H3. The van der Waals surface area contributed by atoms with E-state index in [1.165, 1.54) is 19.2 Å². The van der Waals surface area contributed by atoms with Crippen LogP contribution < -0.4 is 10.1 Å². The number of ether oxygens (including phenoxy) is 1. The predicted molar refractivity (Wildman–Crippen MR) is 77.6 cm³/mol. The second-order valence-electron chi connectivity index (χ2n) is 4.95. The first kappa shape index (κ1) is 15.2. The van der Waals surface area contributed by atoms with Crippen molar-refractivity contribution in [1.29, 1.82) is 0 Å². The summed E-state index contributed by atoms with van der Waals surface area (Å²) >= 11 is 0. The molecule has 0 atom stereocenters. The van der Waals surface area contributed by atoms with Crippen LogP contribution >= 0.6 is 0 Å². The lowest BCUT2D eigenvalue weighted by atomic mass is 10.1. The van der Waals surface area contributed by atoms with Crippen LogP contribution in [-0.4, -0.2) is 48.5 Å². The van der Waals surface area contributed by atoms with Crippen LogP contribution in [0.5, 0.6) is 5.75 Å². The Bertz CT molecular complexity index is 543. The third-order valence-electron chi connectivity index (χ3n) is 3.55. The zero-order valence-electron chi connectivity index (χ0n) is 12.2. The highest BCUT2D eigenvalue weighted by Gasteiger charge is 2.29. The third kappa shape index (κ3) is 3.13. The summed E-state index contributed by atoms with van der Waals surface area (Å²) in [5.41, 5.74) is 0.134. The predicted octanol–water partition coefficient (Wildman–Crippen LogP) is 1.43. The van der Waals surface area contributed by atoms with Crippen molar-refractivity contribution in [3.63, 3.8) is 0 Å². The Hall–Kier alpha value is -2.15. The summed E-state index contributed by atoms with van der Waals surface area (Å²) in [5.74, 6) is -0.0157. The molecule has 21 heavy (non-hydrogen) atoms. The van der Waals surface area contributed by atoms with Gasteiger partial charge in [-0.2, -0.15) is 0 Å². The van der Waals surface area contributed by atoms with Crippen molar-refractivity contribution in [2.75, 3.05) is 26.7 Å². The van der Waals surface area contributed by atoms with E-state index in [1.54, 1.807) is 11.0 Å². The minimum atomic E-state index is -0.537. The maximum atomic E-state index is 12.6. The number of carbonyl (C=O) groups excluding carboxylic acids is 1. The van der Waals surface area contributed by atoms with E-state index >= 15 is 0 Å². The molecular weight excluding hydrogens is 274 g/mol. The Labute approximate surface area is 123 Å². The zero-order valence-corrected chi connectivity index (χ0v) is 12.2. The molecule has 1 aliphatic heterocycles. The molecule has 114 valence electrons. The Kier molecular flexibility index (Phi) is 4.74. The largest absolute Gasteiger partial charge is 0.490 e. The number of carbonyl (C=O) groups is 1. The molecule has 0 aliphatic carbocycles. The quantitative estimate of drug-likeness (QED) is 0.633. The van der Waals surface area contributed by atoms with Gasteiger partial charge in [0.15, 0.2) is 5.75 Å². The number of methoxy groups -OCH3 is 1. The molecule has 0 aromatic heterocycles. The molecule has 1 heterocycles. The average Bonchev–Trinajstić information content (AvgIpc) is 2.43. The van der Waals surface area contributed by atoms with Crippen molar-refractivity contribution >= 4 is 11.6 Å². The molecule has 1 aliphatic rings. The highest BCUT2D eigenvalue weighted by molar-refractivity contribution is 5.95. The van der Waals surface area contributed by atoms with E-state index in [4.69, 9.17) is 4.74 Å². The lowest BCUT2D eigenvalue weighted by Gasteiger charge is -2.38. The lowest BCUT2D eigenvalue weighted by molar-refractivity contribution is -0.385. The molecular formula is C14H19N3O4. The average molecular weight is 293 g/mol. The van der Waals surface area contributed by atoms with Crippen LogP contribution in [0.2, 0.25) is 0 Å². The number of nitro benzene ring substituents is 1. The fraction of sp³-hybridized carbons (Fsp3) is 0.500. The number of benzene rings is 1. The van der Waals surface area contributed by atoms with Crippen LogP contribution in [0.3, 0.4) is 0 Å². The highest BCUT2D eigenvalue weighted by atomic mass is 16.6. The number of nitro groups is 1. The van der Waals surface area contributed by atoms with Crippen LogP contribution in [0.1, 0.15) is 23.7 Å². The topological polar surface area (TPSA) is 84.7 Å². The van der Waals surface area contributed by atoms with Gasteiger partial charge in [-0.15, -0.1) is 0 Å². The first-order chi connectivity index (χ1) is 10.1. The molecule has 0 unspecified atom stereocenters. The van der Waals surface area contributed by atoms with Crippen molar-refractivity contribution in [1.82, 2.24) is 10.2 Å². The maximum absolute atomic E-state index is 12.6. The molecule has 2 rings (SSSR count). The van der Waals surface area contributed by atoms with Crippen molar-refractivity contribution in [3.05, 3.63) is 33.9 Å². The minimum Gasteiger partial charge on any atom is -0.490 e. The number of nitrogens with zero attached hydrogens (tertiary/aromatic N) is 2. The van der Waals surface area contributed by atoms with Crippen LogP contribution in [-0.2, 0) is 0 Å². The van der Waals surface area contributed by atoms with E-state index in [9.17, 15) is 14.9 Å². The Morgan fingerprint density at radius 2 is 2.24 bits per heavy atom. The summed E-state index contributed by atoms with van der Waals surface area (Å²) in [6.45, 7) is 4.18. The molecule has 1 aromatic carbocycles. The van der Waals surface area contributed by atoms with Gasteiger partial charge < -0.3 is 15.0 Å². The SMILES string of the molecule is CCCN(C(=O)c1ccc(OC)c([N+](=O)[O-])c1)C1CNC1. The summed E-state index contributed by atoms with van der Waals surface area (Å²) < 4.78 is 4.95. The molecule has 1 fully saturated rings. The highest BCUT2D eigenvalue weighted by Crippen LogP contribution is 2.28. The van der Waals surface area contributed by atoms with Crippen LogP contribution in [0.25, 0.3) is 0 Å². The van der Waals surface area contributed by atoms with Gasteiger partial charge in [0.1, 0.15) is 0 Å². The molecule has 1 saturated heterocycles. The molecule has 7 nitrogen and oxygen atoms in total. The van der Waals surface area contributed by atoms with Crippen molar-refractivity contribution in [3.8, 4) is 5.75 Å². The zero-order chi connectivity index (χ0) is 15.4. The fourth-order valence-electron chi connectivity index (χ4n) is 2.32. The van der Waals surface area contributed by atoms with E-state index in [0.717, 1.165) is 19.5 Å². The number of hydrogen-bond donors (Lipinski definition) is 1. The first-order valence-corrected chi connectivity index (χ1v) is 6.92. The van der Waals surface area contributed by atoms with E-state index in [-0.39, 0.29) is 23.4 Å². The van der Waals surface area contributed by atoms with Gasteiger partial charge >= 0.3 is 5.69 Å². The second-order valence-corrected chi connectivity index (χ2v) is 4.95. The molecule has 0 radical (unpaired) electrons. The maximum Gasteiger partial charge on any atom is 0.311 e. The number of amides is 1. The molecule has 1 amide bonds. The van der Waals surface area contributed by atoms with E-state index in [2.05, 4.69) is 5.32 Å². The summed E-state index contributed by atoms with van der Waals surface area (Å²) in [6, 6.07) is 4.49. The number of rotatable bonds is 6. The summed E-state index contributed by atoms with van der Waals surface area (Å²) in [5, 5.41) is 14.2. The lowest BCUT2D eigenvalue weighted by Crippen LogP contribution is -2.59. The number of nitrogens with one attached hydrogen (secondary N) is 1. The molecule has 1 aromatic rings. The van der Waals surface area contributed by atoms with Gasteiger partial charge in [0.05, 0.1) is 18.1 Å². The molecule has 0 bridgehead atoms. The van der Waals surface area contributed by atoms with Crippen molar-refractivity contribution < 1.29 is 14.5 Å². The first-order valence-electron chi connectivity index (χ1n) is 6.92. The van der Waals surface area contributed by atoms with Crippen molar-refractivity contribution in [2.45, 2.75) is 19.4 Å². The molecule has 7 heteroatoms. The van der Waals surface area contributed by atoms with E-state index in [0.29, 0.717) is 12.1 Å². The van der Waals surface area contributed by atoms with E-state index in [1.807, 2.05) is 6.92 Å². The monoisotopic (exact) mass is 293 g/mol. The second kappa shape index (κ2) is 6.53. The summed E-state index contributed by atoms with van der Waals surface area (Å²) in [4.78, 5) is 24.9. The van der Waals surface area contributed by atoms with Crippen molar-refractivity contribution in [2.24, 2.45) is 0 Å². The normalized spacial score (nSPS) is 14.4. The van der Waals surface area contributed by atoms with Gasteiger partial charge in [-0.05, 0) is 18.6 Å².